The molecule has 0 unspecified atom stereocenters. The lowest BCUT2D eigenvalue weighted by molar-refractivity contribution is -0.384. The van der Waals surface area contributed by atoms with Crippen LogP contribution in [0.1, 0.15) is 5.56 Å². The van der Waals surface area contributed by atoms with E-state index in [1.807, 2.05) is 0 Å². The standard InChI is InChI=1S/C10H9Cl3N2O2/c1-14(2)4-3-6-5-7(11)8(12)9(13)10(6)15(16)17/h3-5H,1-2H3. The van der Waals surface area contributed by atoms with Crippen molar-refractivity contribution in [3.8, 4) is 0 Å². The lowest BCUT2D eigenvalue weighted by atomic mass is 10.1. The SMILES string of the molecule is CN(C)C=Cc1cc(Cl)c(Cl)c(Cl)c1[N+](=O)[O-]. The lowest BCUT2D eigenvalue weighted by Crippen LogP contribution is -2.00. The molecule has 0 amide bonds. The molecule has 0 bridgehead atoms. The van der Waals surface area contributed by atoms with Gasteiger partial charge in [-0.2, -0.15) is 0 Å². The third kappa shape index (κ3) is 3.25. The van der Waals surface area contributed by atoms with E-state index in [2.05, 4.69) is 0 Å². The van der Waals surface area contributed by atoms with Crippen LogP contribution in [0.5, 0.6) is 0 Å². The van der Waals surface area contributed by atoms with E-state index >= 15 is 0 Å². The molecule has 0 aliphatic heterocycles. The largest absolute Gasteiger partial charge is 0.383 e. The summed E-state index contributed by atoms with van der Waals surface area (Å²) in [6.07, 6.45) is 3.20. The highest BCUT2D eigenvalue weighted by atomic mass is 35.5. The van der Waals surface area contributed by atoms with Crippen molar-refractivity contribution in [1.82, 2.24) is 4.90 Å². The van der Waals surface area contributed by atoms with Crippen molar-refractivity contribution < 1.29 is 4.92 Å². The van der Waals surface area contributed by atoms with Gasteiger partial charge in [0.05, 0.1) is 20.5 Å². The van der Waals surface area contributed by atoms with Crippen molar-refractivity contribution in [3.05, 3.63) is 43.0 Å². The molecule has 4 nitrogen and oxygen atoms in total. The van der Waals surface area contributed by atoms with Gasteiger partial charge in [-0.05, 0) is 18.3 Å². The van der Waals surface area contributed by atoms with E-state index in [1.54, 1.807) is 31.3 Å². The summed E-state index contributed by atoms with van der Waals surface area (Å²) < 4.78 is 0. The smallest absolute Gasteiger partial charge is 0.296 e. The minimum atomic E-state index is -0.583. The van der Waals surface area contributed by atoms with Crippen molar-refractivity contribution >= 4 is 46.6 Å². The number of nitrogens with zero attached hydrogens (tertiary/aromatic N) is 2. The van der Waals surface area contributed by atoms with E-state index in [1.165, 1.54) is 6.07 Å². The highest BCUT2D eigenvalue weighted by Crippen LogP contribution is 2.40. The summed E-state index contributed by atoms with van der Waals surface area (Å²) in [5.41, 5.74) is 0.0577. The minimum Gasteiger partial charge on any atom is -0.383 e. The monoisotopic (exact) mass is 294 g/mol. The first-order valence-corrected chi connectivity index (χ1v) is 5.64. The maximum Gasteiger partial charge on any atom is 0.296 e. The van der Waals surface area contributed by atoms with Gasteiger partial charge in [-0.3, -0.25) is 10.1 Å². The van der Waals surface area contributed by atoms with E-state index in [-0.39, 0.29) is 20.8 Å². The van der Waals surface area contributed by atoms with Crippen LogP contribution in [0.15, 0.2) is 12.3 Å². The van der Waals surface area contributed by atoms with Gasteiger partial charge in [0, 0.05) is 14.1 Å². The van der Waals surface area contributed by atoms with Crippen molar-refractivity contribution in [2.24, 2.45) is 0 Å². The molecule has 0 aromatic heterocycles. The van der Waals surface area contributed by atoms with Crippen LogP contribution in [-0.2, 0) is 0 Å². The first-order valence-electron chi connectivity index (χ1n) is 4.51. The Bertz CT molecular complexity index is 487. The third-order valence-electron chi connectivity index (χ3n) is 1.90. The summed E-state index contributed by atoms with van der Waals surface area (Å²) in [5, 5.41) is 10.9. The van der Waals surface area contributed by atoms with Crippen molar-refractivity contribution in [2.75, 3.05) is 14.1 Å². The molecule has 0 fully saturated rings. The Morgan fingerprint density at radius 1 is 1.29 bits per heavy atom. The Balaban J connectivity index is 3.43. The van der Waals surface area contributed by atoms with E-state index in [0.717, 1.165) is 0 Å². The summed E-state index contributed by atoms with van der Waals surface area (Å²) in [6, 6.07) is 1.41. The Morgan fingerprint density at radius 2 is 1.88 bits per heavy atom. The lowest BCUT2D eigenvalue weighted by Gasteiger charge is -2.06. The molecule has 0 aliphatic carbocycles. The number of hydrogen-bond donors (Lipinski definition) is 0. The van der Waals surface area contributed by atoms with Crippen LogP contribution in [0.2, 0.25) is 15.1 Å². The average Bonchev–Trinajstić information content (AvgIpc) is 2.22. The molecule has 0 saturated heterocycles. The summed E-state index contributed by atoms with van der Waals surface area (Å²) in [7, 11) is 3.59. The second kappa shape index (κ2) is 5.58. The Labute approximate surface area is 114 Å². The molecule has 0 spiro atoms. The molecule has 17 heavy (non-hydrogen) atoms. The van der Waals surface area contributed by atoms with Gasteiger partial charge in [-0.15, -0.1) is 0 Å². The Kier molecular flexibility index (Phi) is 4.62. The normalized spacial score (nSPS) is 10.9. The zero-order chi connectivity index (χ0) is 13.2. The second-order valence-electron chi connectivity index (χ2n) is 3.46. The fourth-order valence-corrected chi connectivity index (χ4v) is 1.83. The zero-order valence-electron chi connectivity index (χ0n) is 9.08. The van der Waals surface area contributed by atoms with E-state index < -0.39 is 4.92 Å². The van der Waals surface area contributed by atoms with Crippen LogP contribution in [-0.4, -0.2) is 23.9 Å². The van der Waals surface area contributed by atoms with Crippen LogP contribution in [0, 0.1) is 10.1 Å². The molecular weight excluding hydrogens is 286 g/mol. The molecule has 0 aliphatic rings. The topological polar surface area (TPSA) is 46.4 Å². The van der Waals surface area contributed by atoms with Crippen LogP contribution < -0.4 is 0 Å². The summed E-state index contributed by atoms with van der Waals surface area (Å²) in [4.78, 5) is 12.1. The maximum absolute atomic E-state index is 10.9. The fraction of sp³-hybridized carbons (Fsp3) is 0.200. The molecule has 0 N–H and O–H groups in total. The molecule has 92 valence electrons. The molecular formula is C10H9Cl3N2O2. The molecule has 1 rings (SSSR count). The number of halogens is 3. The first-order chi connectivity index (χ1) is 7.84. The van der Waals surface area contributed by atoms with Gasteiger partial charge in [0.2, 0.25) is 0 Å². The fourth-order valence-electron chi connectivity index (χ4n) is 1.15. The predicted octanol–water partition coefficient (Wildman–Crippen LogP) is 4.09. The Hall–Kier alpha value is -0.970. The van der Waals surface area contributed by atoms with Gasteiger partial charge in [0.15, 0.2) is 0 Å². The quantitative estimate of drug-likeness (QED) is 0.479. The van der Waals surface area contributed by atoms with Crippen LogP contribution in [0.4, 0.5) is 5.69 Å². The van der Waals surface area contributed by atoms with Crippen molar-refractivity contribution in [1.29, 1.82) is 0 Å². The van der Waals surface area contributed by atoms with Gasteiger partial charge in [0.1, 0.15) is 5.02 Å². The number of benzene rings is 1. The van der Waals surface area contributed by atoms with Gasteiger partial charge in [-0.25, -0.2) is 0 Å². The molecule has 0 heterocycles. The highest BCUT2D eigenvalue weighted by Gasteiger charge is 2.22. The number of nitro benzene ring substituents is 1. The first kappa shape index (κ1) is 14.1. The molecule has 0 radical (unpaired) electrons. The minimum absolute atomic E-state index is 0.0120. The van der Waals surface area contributed by atoms with E-state index in [9.17, 15) is 10.1 Å². The van der Waals surface area contributed by atoms with Gasteiger partial charge < -0.3 is 4.90 Å². The molecule has 0 saturated carbocycles. The van der Waals surface area contributed by atoms with Crippen molar-refractivity contribution in [3.63, 3.8) is 0 Å². The number of nitro groups is 1. The van der Waals surface area contributed by atoms with Gasteiger partial charge in [-0.1, -0.05) is 34.8 Å². The van der Waals surface area contributed by atoms with Crippen molar-refractivity contribution in [2.45, 2.75) is 0 Å². The zero-order valence-corrected chi connectivity index (χ0v) is 11.3. The van der Waals surface area contributed by atoms with Crippen LogP contribution in [0.25, 0.3) is 6.08 Å². The molecule has 7 heteroatoms. The summed E-state index contributed by atoms with van der Waals surface area (Å²) >= 11 is 17.4. The van der Waals surface area contributed by atoms with Crippen LogP contribution in [0.3, 0.4) is 0 Å². The maximum atomic E-state index is 10.9. The van der Waals surface area contributed by atoms with E-state index in [4.69, 9.17) is 34.8 Å². The van der Waals surface area contributed by atoms with Gasteiger partial charge in [0.25, 0.3) is 5.69 Å². The molecule has 0 atom stereocenters. The number of hydrogen-bond acceptors (Lipinski definition) is 3. The summed E-state index contributed by atoms with van der Waals surface area (Å²) in [5.74, 6) is 0. The highest BCUT2D eigenvalue weighted by molar-refractivity contribution is 6.49. The molecule has 1 aromatic rings. The van der Waals surface area contributed by atoms with E-state index in [0.29, 0.717) is 5.56 Å². The second-order valence-corrected chi connectivity index (χ2v) is 4.62. The van der Waals surface area contributed by atoms with Crippen LogP contribution >= 0.6 is 34.8 Å². The Morgan fingerprint density at radius 3 is 2.35 bits per heavy atom. The third-order valence-corrected chi connectivity index (χ3v) is 3.15. The number of rotatable bonds is 3. The summed E-state index contributed by atoms with van der Waals surface area (Å²) in [6.45, 7) is 0. The molecule has 1 aromatic carbocycles. The predicted molar refractivity (Wildman–Crippen MR) is 70.8 cm³/mol. The average molecular weight is 296 g/mol. The van der Waals surface area contributed by atoms with Gasteiger partial charge >= 0.3 is 0 Å².